The van der Waals surface area contributed by atoms with Crippen LogP contribution >= 0.6 is 7.26 Å². The molecule has 1 heterocycles. The Morgan fingerprint density at radius 3 is 1.83 bits per heavy atom. The van der Waals surface area contributed by atoms with E-state index in [2.05, 4.69) is 41.1 Å². The average molecular weight is 350 g/mol. The fourth-order valence-electron chi connectivity index (χ4n) is 2.96. The van der Waals surface area contributed by atoms with Gasteiger partial charge in [0.15, 0.2) is 0 Å². The van der Waals surface area contributed by atoms with Crippen LogP contribution in [0.25, 0.3) is 0 Å². The summed E-state index contributed by atoms with van der Waals surface area (Å²) < 4.78 is 38.4. The molecule has 0 spiro atoms. The number of rotatable bonds is 4. The van der Waals surface area contributed by atoms with Crippen LogP contribution in [0.15, 0.2) is 66.7 Å². The Bertz CT molecular complexity index is 758. The summed E-state index contributed by atoms with van der Waals surface area (Å²) in [6, 6.07) is 21.1. The molecule has 0 saturated carbocycles. The molecule has 2 aromatic carbocycles. The molecule has 6 heteroatoms. The molecule has 3 aromatic rings. The van der Waals surface area contributed by atoms with Gasteiger partial charge in [-0.15, -0.1) is 0 Å². The van der Waals surface area contributed by atoms with Gasteiger partial charge in [-0.3, -0.25) is 0 Å². The van der Waals surface area contributed by atoms with Gasteiger partial charge in [-0.1, -0.05) is 0 Å². The van der Waals surface area contributed by atoms with Gasteiger partial charge in [0.1, 0.15) is 0 Å². The zero-order chi connectivity index (χ0) is 17.2. The number of hydrogen-bond donors (Lipinski definition) is 1. The second-order valence-electron chi connectivity index (χ2n) is 6.02. The molecule has 1 aromatic heterocycles. The normalized spacial score (nSPS) is 13.0. The molecule has 0 fully saturated rings. The Labute approximate surface area is 139 Å². The molecule has 0 aliphatic carbocycles. The van der Waals surface area contributed by atoms with Crippen LogP contribution in [0.3, 0.4) is 0 Å². The zero-order valence-electron chi connectivity index (χ0n) is 13.1. The molecule has 0 aliphatic heterocycles. The van der Waals surface area contributed by atoms with Crippen molar-refractivity contribution in [2.45, 2.75) is 12.3 Å². The third-order valence-corrected chi connectivity index (χ3v) is 8.59. The van der Waals surface area contributed by atoms with Gasteiger partial charge in [0.25, 0.3) is 0 Å². The molecule has 1 N–H and O–H groups in total. The van der Waals surface area contributed by atoms with Crippen molar-refractivity contribution in [3.63, 3.8) is 0 Å². The first-order chi connectivity index (χ1) is 11.4. The number of nitrogens with one attached hydrogen (secondary N) is 1. The van der Waals surface area contributed by atoms with Gasteiger partial charge in [-0.05, 0) is 0 Å². The van der Waals surface area contributed by atoms with E-state index in [0.29, 0.717) is 11.9 Å². The number of hydrogen-bond acceptors (Lipinski definition) is 1. The van der Waals surface area contributed by atoms with E-state index in [1.807, 2.05) is 36.4 Å². The van der Waals surface area contributed by atoms with E-state index in [9.17, 15) is 13.2 Å². The van der Waals surface area contributed by atoms with E-state index in [4.69, 9.17) is 0 Å². The molecule has 0 bridgehead atoms. The molecule has 0 amide bonds. The molecule has 0 atom stereocenters. The van der Waals surface area contributed by atoms with Crippen LogP contribution < -0.4 is 10.6 Å². The predicted molar refractivity (Wildman–Crippen MR) is 93.7 cm³/mol. The van der Waals surface area contributed by atoms with Crippen LogP contribution in [0.1, 0.15) is 11.4 Å². The minimum atomic E-state index is -4.42. The molecule has 0 unspecified atom stereocenters. The summed E-state index contributed by atoms with van der Waals surface area (Å²) in [5.41, 5.74) is -0.348. The molecule has 126 valence electrons. The Morgan fingerprint density at radius 1 is 0.917 bits per heavy atom. The number of H-pyrrole nitrogens is 1. The number of benzene rings is 2. The first-order valence-electron chi connectivity index (χ1n) is 7.62. The van der Waals surface area contributed by atoms with Gasteiger partial charge in [-0.25, -0.2) is 0 Å². The van der Waals surface area contributed by atoms with Gasteiger partial charge < -0.3 is 0 Å². The van der Waals surface area contributed by atoms with Crippen molar-refractivity contribution in [3.8, 4) is 0 Å². The fourth-order valence-corrected chi connectivity index (χ4v) is 6.50. The Morgan fingerprint density at radius 2 is 1.42 bits per heavy atom. The van der Waals surface area contributed by atoms with E-state index in [-0.39, 0.29) is 0 Å². The average Bonchev–Trinajstić information content (AvgIpc) is 3.05. The molecule has 3 rings (SSSR count). The second kappa shape index (κ2) is 6.40. The molecule has 24 heavy (non-hydrogen) atoms. The quantitative estimate of drug-likeness (QED) is 0.709. The van der Waals surface area contributed by atoms with Gasteiger partial charge >= 0.3 is 138 Å². The van der Waals surface area contributed by atoms with E-state index in [1.54, 1.807) is 0 Å². The van der Waals surface area contributed by atoms with Crippen LogP contribution in [-0.4, -0.2) is 16.9 Å². The molecule has 2 nitrogen and oxygen atoms in total. The number of nitrogens with zero attached hydrogens (tertiary/aromatic N) is 1. The van der Waals surface area contributed by atoms with Gasteiger partial charge in [0.2, 0.25) is 0 Å². The standard InChI is InChI=1S/C18H18F3N2P/c1-24(15-8-4-2-5-9-15,16-10-6-3-7-11-16)13-14-12-17(23-22-14)18(19,20)21/h2-12,24H,13H2,1H3,(H,22,23). The van der Waals surface area contributed by atoms with Crippen LogP contribution in [0, 0.1) is 0 Å². The minimum absolute atomic E-state index is 0.518. The first-order valence-corrected chi connectivity index (χ1v) is 10.3. The monoisotopic (exact) mass is 350 g/mol. The molecule has 0 saturated heterocycles. The summed E-state index contributed by atoms with van der Waals surface area (Å²) >= 11 is 0. The van der Waals surface area contributed by atoms with Crippen LogP contribution in [0.5, 0.6) is 0 Å². The fraction of sp³-hybridized carbons (Fsp3) is 0.167. The van der Waals surface area contributed by atoms with Gasteiger partial charge in [0, 0.05) is 0 Å². The van der Waals surface area contributed by atoms with Crippen molar-refractivity contribution in [1.29, 1.82) is 0 Å². The van der Waals surface area contributed by atoms with E-state index in [0.717, 1.165) is 6.07 Å². The Balaban J connectivity index is 2.02. The topological polar surface area (TPSA) is 28.7 Å². The van der Waals surface area contributed by atoms with E-state index >= 15 is 0 Å². The third kappa shape index (κ3) is 3.36. The Kier molecular flexibility index (Phi) is 4.46. The number of aromatic nitrogens is 2. The van der Waals surface area contributed by atoms with E-state index in [1.165, 1.54) is 10.6 Å². The molecule has 0 aliphatic rings. The second-order valence-corrected chi connectivity index (χ2v) is 10.2. The molecule has 0 radical (unpaired) electrons. The molecular formula is C18H18F3N2P. The van der Waals surface area contributed by atoms with Crippen LogP contribution in [-0.2, 0) is 12.3 Å². The summed E-state index contributed by atoms with van der Waals surface area (Å²) in [5, 5.41) is 8.36. The maximum atomic E-state index is 12.8. The number of halogens is 3. The van der Waals surface area contributed by atoms with Crippen molar-refractivity contribution >= 4 is 17.9 Å². The van der Waals surface area contributed by atoms with Crippen molar-refractivity contribution in [2.24, 2.45) is 0 Å². The van der Waals surface area contributed by atoms with Crippen LogP contribution in [0.2, 0.25) is 0 Å². The third-order valence-electron chi connectivity index (χ3n) is 4.29. The van der Waals surface area contributed by atoms with Crippen molar-refractivity contribution < 1.29 is 13.2 Å². The van der Waals surface area contributed by atoms with Gasteiger partial charge in [0.05, 0.1) is 0 Å². The predicted octanol–water partition coefficient (Wildman–Crippen LogP) is 3.96. The van der Waals surface area contributed by atoms with Crippen molar-refractivity contribution in [2.75, 3.05) is 6.66 Å². The first kappa shape index (κ1) is 16.7. The number of alkyl halides is 3. The van der Waals surface area contributed by atoms with Crippen LogP contribution in [0.4, 0.5) is 13.2 Å². The SMILES string of the molecule is C[PH](Cc1cc(C(F)(F)F)n[nH]1)(c1ccccc1)c1ccccc1. The molecular weight excluding hydrogens is 332 g/mol. The summed E-state index contributed by atoms with van der Waals surface area (Å²) in [7, 11) is -2.23. The summed E-state index contributed by atoms with van der Waals surface area (Å²) in [5.74, 6) is 0. The summed E-state index contributed by atoms with van der Waals surface area (Å²) in [4.78, 5) is 0. The Hall–Kier alpha value is -2.13. The summed E-state index contributed by atoms with van der Waals surface area (Å²) in [6.45, 7) is 2.17. The van der Waals surface area contributed by atoms with E-state index < -0.39 is 19.1 Å². The number of aromatic amines is 1. The van der Waals surface area contributed by atoms with Gasteiger partial charge in [-0.2, -0.15) is 0 Å². The van der Waals surface area contributed by atoms with Crippen molar-refractivity contribution in [3.05, 3.63) is 78.1 Å². The summed E-state index contributed by atoms with van der Waals surface area (Å²) in [6.07, 6.45) is -3.89. The zero-order valence-corrected chi connectivity index (χ0v) is 14.1. The van der Waals surface area contributed by atoms with Crippen molar-refractivity contribution in [1.82, 2.24) is 10.2 Å². The maximum absolute atomic E-state index is 12.8.